The second kappa shape index (κ2) is 4.48. The number of ether oxygens (including phenoxy) is 1. The van der Waals surface area contributed by atoms with Gasteiger partial charge in [0.05, 0.1) is 10.9 Å². The third-order valence-corrected chi connectivity index (χ3v) is 2.57. The molecule has 0 saturated heterocycles. The van der Waals surface area contributed by atoms with E-state index in [1.54, 1.807) is 24.3 Å². The molecule has 1 atom stereocenters. The van der Waals surface area contributed by atoms with Crippen LogP contribution in [-0.2, 0) is 11.8 Å². The van der Waals surface area contributed by atoms with E-state index in [1.165, 1.54) is 18.5 Å². The molecule has 6 nitrogen and oxygen atoms in total. The topological polar surface area (TPSA) is 81.4 Å². The van der Waals surface area contributed by atoms with Crippen molar-refractivity contribution in [1.82, 2.24) is 9.55 Å². The Hall–Kier alpha value is -2.37. The highest BCUT2D eigenvalue weighted by molar-refractivity contribution is 5.77. The second-order valence-corrected chi connectivity index (χ2v) is 3.87. The van der Waals surface area contributed by atoms with Gasteiger partial charge in [-0.15, -0.1) is 0 Å². The number of carboxylic acid groups (broad SMARTS) is 1. The number of nitrogens with zero attached hydrogens (tertiary/aromatic N) is 2. The summed E-state index contributed by atoms with van der Waals surface area (Å²) in [5.74, 6) is -1.11. The van der Waals surface area contributed by atoms with Crippen molar-refractivity contribution < 1.29 is 14.6 Å². The van der Waals surface area contributed by atoms with Crippen LogP contribution < -0.4 is 10.3 Å². The molecular formula is C12H12N2O4. The van der Waals surface area contributed by atoms with Crippen molar-refractivity contribution in [2.75, 3.05) is 0 Å². The molecule has 18 heavy (non-hydrogen) atoms. The van der Waals surface area contributed by atoms with E-state index < -0.39 is 12.1 Å². The third kappa shape index (κ3) is 2.04. The third-order valence-electron chi connectivity index (χ3n) is 2.57. The first-order valence-corrected chi connectivity index (χ1v) is 5.36. The van der Waals surface area contributed by atoms with Gasteiger partial charge in [-0.25, -0.2) is 4.79 Å². The molecule has 0 spiro atoms. The molecule has 0 saturated carbocycles. The van der Waals surface area contributed by atoms with Crippen molar-refractivity contribution >= 4 is 16.9 Å². The molecule has 1 N–H and O–H groups in total. The van der Waals surface area contributed by atoms with Crippen LogP contribution in [-0.4, -0.2) is 26.7 Å². The van der Waals surface area contributed by atoms with Gasteiger partial charge in [-0.05, 0) is 19.1 Å². The fourth-order valence-electron chi connectivity index (χ4n) is 1.51. The van der Waals surface area contributed by atoms with Crippen LogP contribution in [0.25, 0.3) is 10.9 Å². The van der Waals surface area contributed by atoms with E-state index in [1.807, 2.05) is 0 Å². The molecule has 1 heterocycles. The minimum atomic E-state index is -1.11. The second-order valence-electron chi connectivity index (χ2n) is 3.87. The number of para-hydroxylation sites is 1. The number of fused-ring (bicyclic) bond motifs is 1. The van der Waals surface area contributed by atoms with Gasteiger partial charge in [0.25, 0.3) is 11.6 Å². The standard InChI is InChI=1S/C12H12N2O4/c1-7(11(16)17)18-12-13-9-6-4-3-5-8(9)10(15)14(12)2/h3-7H,1-2H3,(H,16,17). The summed E-state index contributed by atoms with van der Waals surface area (Å²) in [6, 6.07) is 6.82. The van der Waals surface area contributed by atoms with E-state index in [4.69, 9.17) is 9.84 Å². The summed E-state index contributed by atoms with van der Waals surface area (Å²) < 4.78 is 6.34. The monoisotopic (exact) mass is 248 g/mol. The zero-order valence-corrected chi connectivity index (χ0v) is 9.95. The van der Waals surface area contributed by atoms with E-state index in [9.17, 15) is 9.59 Å². The number of carbonyl (C=O) groups is 1. The molecule has 2 rings (SSSR count). The molecule has 6 heteroatoms. The molecule has 0 aliphatic heterocycles. The number of carboxylic acids is 1. The lowest BCUT2D eigenvalue weighted by Gasteiger charge is -2.12. The van der Waals surface area contributed by atoms with Gasteiger partial charge in [-0.3, -0.25) is 9.36 Å². The van der Waals surface area contributed by atoms with Crippen molar-refractivity contribution in [2.45, 2.75) is 13.0 Å². The number of aromatic nitrogens is 2. The summed E-state index contributed by atoms with van der Waals surface area (Å²) in [5, 5.41) is 9.24. The fourth-order valence-corrected chi connectivity index (χ4v) is 1.51. The van der Waals surface area contributed by atoms with Crippen LogP contribution in [0.4, 0.5) is 0 Å². The first-order chi connectivity index (χ1) is 8.50. The molecule has 1 aromatic carbocycles. The Morgan fingerprint density at radius 2 is 2.11 bits per heavy atom. The molecular weight excluding hydrogens is 236 g/mol. The van der Waals surface area contributed by atoms with Gasteiger partial charge in [0, 0.05) is 7.05 Å². The van der Waals surface area contributed by atoms with Crippen molar-refractivity contribution in [3.63, 3.8) is 0 Å². The molecule has 0 aliphatic rings. The van der Waals surface area contributed by atoms with Gasteiger partial charge in [0.15, 0.2) is 6.10 Å². The van der Waals surface area contributed by atoms with Crippen LogP contribution >= 0.6 is 0 Å². The smallest absolute Gasteiger partial charge is 0.344 e. The molecule has 0 radical (unpaired) electrons. The number of rotatable bonds is 3. The summed E-state index contributed by atoms with van der Waals surface area (Å²) in [6.45, 7) is 1.38. The molecule has 0 amide bonds. The minimum absolute atomic E-state index is 0.00593. The zero-order valence-electron chi connectivity index (χ0n) is 9.95. The van der Waals surface area contributed by atoms with Gasteiger partial charge in [-0.2, -0.15) is 4.98 Å². The zero-order chi connectivity index (χ0) is 13.3. The Balaban J connectivity index is 2.55. The van der Waals surface area contributed by atoms with Crippen molar-refractivity contribution in [1.29, 1.82) is 0 Å². The van der Waals surface area contributed by atoms with E-state index >= 15 is 0 Å². The highest BCUT2D eigenvalue weighted by Gasteiger charge is 2.16. The van der Waals surface area contributed by atoms with Crippen LogP contribution in [0.5, 0.6) is 6.01 Å². The molecule has 0 aliphatic carbocycles. The van der Waals surface area contributed by atoms with Gasteiger partial charge in [-0.1, -0.05) is 12.1 Å². The van der Waals surface area contributed by atoms with Gasteiger partial charge >= 0.3 is 5.97 Å². The number of benzene rings is 1. The Labute approximate surface area is 102 Å². The lowest BCUT2D eigenvalue weighted by Crippen LogP contribution is -2.28. The maximum Gasteiger partial charge on any atom is 0.344 e. The van der Waals surface area contributed by atoms with Gasteiger partial charge < -0.3 is 9.84 Å². The lowest BCUT2D eigenvalue weighted by atomic mass is 10.2. The lowest BCUT2D eigenvalue weighted by molar-refractivity contribution is -0.144. The predicted molar refractivity (Wildman–Crippen MR) is 64.7 cm³/mol. The molecule has 0 fully saturated rings. The maximum absolute atomic E-state index is 12.0. The molecule has 1 aromatic heterocycles. The van der Waals surface area contributed by atoms with Crippen LogP contribution in [0.3, 0.4) is 0 Å². The number of hydrogen-bond acceptors (Lipinski definition) is 4. The molecule has 94 valence electrons. The van der Waals surface area contributed by atoms with E-state index in [-0.39, 0.29) is 11.6 Å². The first kappa shape index (κ1) is 12.1. The first-order valence-electron chi connectivity index (χ1n) is 5.36. The van der Waals surface area contributed by atoms with Crippen LogP contribution in [0, 0.1) is 0 Å². The van der Waals surface area contributed by atoms with E-state index in [0.717, 1.165) is 0 Å². The Bertz CT molecular complexity index is 663. The maximum atomic E-state index is 12.0. The van der Waals surface area contributed by atoms with Crippen LogP contribution in [0.2, 0.25) is 0 Å². The average molecular weight is 248 g/mol. The number of aliphatic carboxylic acids is 1. The highest BCUT2D eigenvalue weighted by Crippen LogP contribution is 2.12. The Morgan fingerprint density at radius 3 is 2.78 bits per heavy atom. The average Bonchev–Trinajstić information content (AvgIpc) is 2.35. The number of hydrogen-bond donors (Lipinski definition) is 1. The molecule has 0 bridgehead atoms. The summed E-state index contributed by atoms with van der Waals surface area (Å²) in [4.78, 5) is 26.9. The highest BCUT2D eigenvalue weighted by atomic mass is 16.5. The van der Waals surface area contributed by atoms with Crippen molar-refractivity contribution in [2.24, 2.45) is 7.05 Å². The fraction of sp³-hybridized carbons (Fsp3) is 0.250. The summed E-state index contributed by atoms with van der Waals surface area (Å²) in [5.41, 5.74) is 0.210. The Morgan fingerprint density at radius 1 is 1.44 bits per heavy atom. The van der Waals surface area contributed by atoms with Gasteiger partial charge in [0.2, 0.25) is 0 Å². The van der Waals surface area contributed by atoms with Crippen molar-refractivity contribution in [3.8, 4) is 6.01 Å². The van der Waals surface area contributed by atoms with E-state index in [2.05, 4.69) is 4.98 Å². The van der Waals surface area contributed by atoms with Crippen molar-refractivity contribution in [3.05, 3.63) is 34.6 Å². The summed E-state index contributed by atoms with van der Waals surface area (Å²) in [7, 11) is 1.49. The van der Waals surface area contributed by atoms with E-state index in [0.29, 0.717) is 10.9 Å². The molecule has 2 aromatic rings. The largest absolute Gasteiger partial charge is 0.479 e. The summed E-state index contributed by atoms with van der Waals surface area (Å²) in [6.07, 6.45) is -1.07. The van der Waals surface area contributed by atoms with Crippen LogP contribution in [0.15, 0.2) is 29.1 Å². The quantitative estimate of drug-likeness (QED) is 0.868. The minimum Gasteiger partial charge on any atom is -0.479 e. The normalized spacial score (nSPS) is 12.3. The van der Waals surface area contributed by atoms with Crippen LogP contribution in [0.1, 0.15) is 6.92 Å². The SMILES string of the molecule is CC(Oc1nc2ccccc2c(=O)n1C)C(=O)O. The predicted octanol–water partition coefficient (Wildman–Crippen LogP) is 0.785. The Kier molecular flexibility index (Phi) is 3.01. The summed E-state index contributed by atoms with van der Waals surface area (Å²) >= 11 is 0. The molecule has 1 unspecified atom stereocenters. The van der Waals surface area contributed by atoms with Gasteiger partial charge in [0.1, 0.15) is 0 Å².